The summed E-state index contributed by atoms with van der Waals surface area (Å²) in [7, 11) is -3.85. The number of benzene rings is 1. The Bertz CT molecular complexity index is 1680. The third kappa shape index (κ3) is 6.30. The SMILES string of the molecule is CS(=O)(=O)CC(=O)Nc1c2c(nn1-c1ccc(C#N)cn1)C[C@](c1ccc(OCC(F)(F)F)cc1)(C(F)(F)F)NC2=O. The molecule has 1 atom stereocenters. The summed E-state index contributed by atoms with van der Waals surface area (Å²) in [6.45, 7) is -1.68. The van der Waals surface area contributed by atoms with Crippen LogP contribution in [0.1, 0.15) is 27.2 Å². The molecule has 222 valence electrons. The first-order chi connectivity index (χ1) is 19.4. The minimum atomic E-state index is -5.16. The standard InChI is InChI=1S/C24H18F6N6O5S/c1-42(39,40)11-18(37)33-20-19-16(35-36(20)17-7-2-13(9-31)10-32-17)8-22(24(28,29)30,34-21(19)38)14-3-5-15(6-4-14)41-12-23(25,26)27/h2-7,10H,8,11-12H2,1H3,(H,33,37)(H,34,38)/t22-/m0/s1. The first-order valence-corrected chi connectivity index (χ1v) is 13.6. The Kier molecular flexibility index (Phi) is 7.67. The zero-order chi connectivity index (χ0) is 31.1. The van der Waals surface area contributed by atoms with Crippen LogP contribution < -0.4 is 15.4 Å². The molecule has 2 amide bonds. The summed E-state index contributed by atoms with van der Waals surface area (Å²) in [6, 6.07) is 7.79. The predicted octanol–water partition coefficient (Wildman–Crippen LogP) is 2.81. The molecule has 2 aromatic heterocycles. The van der Waals surface area contributed by atoms with E-state index in [2.05, 4.69) is 20.1 Å². The Morgan fingerprint density at radius 2 is 1.83 bits per heavy atom. The number of sulfone groups is 1. The van der Waals surface area contributed by atoms with Gasteiger partial charge < -0.3 is 15.4 Å². The number of hydrogen-bond acceptors (Lipinski definition) is 8. The van der Waals surface area contributed by atoms with Gasteiger partial charge in [-0.05, 0) is 29.8 Å². The number of ether oxygens (including phenoxy) is 1. The van der Waals surface area contributed by atoms with E-state index in [9.17, 15) is 44.3 Å². The summed E-state index contributed by atoms with van der Waals surface area (Å²) in [6.07, 6.45) is -9.01. The Morgan fingerprint density at radius 1 is 1.17 bits per heavy atom. The molecule has 0 saturated heterocycles. The van der Waals surface area contributed by atoms with Gasteiger partial charge in [0.2, 0.25) is 5.91 Å². The lowest BCUT2D eigenvalue weighted by Crippen LogP contribution is -2.60. The van der Waals surface area contributed by atoms with Crippen molar-refractivity contribution in [3.8, 4) is 17.6 Å². The highest BCUT2D eigenvalue weighted by Gasteiger charge is 2.60. The highest BCUT2D eigenvalue weighted by molar-refractivity contribution is 7.91. The molecule has 4 rings (SSSR count). The van der Waals surface area contributed by atoms with E-state index >= 15 is 0 Å². The zero-order valence-electron chi connectivity index (χ0n) is 21.2. The molecule has 0 fully saturated rings. The highest BCUT2D eigenvalue weighted by atomic mass is 32.2. The summed E-state index contributed by atoms with van der Waals surface area (Å²) < 4.78 is 110. The average Bonchev–Trinajstić information content (AvgIpc) is 3.23. The van der Waals surface area contributed by atoms with Gasteiger partial charge in [-0.2, -0.15) is 41.4 Å². The summed E-state index contributed by atoms with van der Waals surface area (Å²) in [5.74, 6) is -4.46. The Labute approximate surface area is 233 Å². The molecule has 0 aliphatic carbocycles. The molecule has 2 N–H and O–H groups in total. The lowest BCUT2D eigenvalue weighted by molar-refractivity contribution is -0.198. The number of carbonyl (C=O) groups is 2. The molecule has 0 radical (unpaired) electrons. The van der Waals surface area contributed by atoms with Crippen molar-refractivity contribution in [3.05, 3.63) is 65.0 Å². The van der Waals surface area contributed by atoms with Crippen molar-refractivity contribution in [2.45, 2.75) is 24.3 Å². The van der Waals surface area contributed by atoms with Crippen LogP contribution in [0.25, 0.3) is 5.82 Å². The fourth-order valence-electron chi connectivity index (χ4n) is 4.15. The van der Waals surface area contributed by atoms with Crippen LogP contribution in [0.4, 0.5) is 32.2 Å². The van der Waals surface area contributed by atoms with Crippen LogP contribution in [0.5, 0.6) is 5.75 Å². The van der Waals surface area contributed by atoms with Crippen molar-refractivity contribution in [2.75, 3.05) is 23.9 Å². The second-order valence-corrected chi connectivity index (χ2v) is 11.3. The van der Waals surface area contributed by atoms with Gasteiger partial charge in [0.1, 0.15) is 23.1 Å². The molecule has 0 saturated carbocycles. The van der Waals surface area contributed by atoms with E-state index in [1.165, 1.54) is 12.1 Å². The largest absolute Gasteiger partial charge is 0.484 e. The van der Waals surface area contributed by atoms with Crippen molar-refractivity contribution < 1.29 is 49.1 Å². The molecule has 42 heavy (non-hydrogen) atoms. The molecule has 11 nitrogen and oxygen atoms in total. The molecule has 3 heterocycles. The number of pyridine rings is 1. The molecule has 1 aromatic carbocycles. The monoisotopic (exact) mass is 616 g/mol. The molecular formula is C24H18F6N6O5S. The van der Waals surface area contributed by atoms with Gasteiger partial charge >= 0.3 is 12.4 Å². The van der Waals surface area contributed by atoms with E-state index < -0.39 is 81.0 Å². The number of nitrogens with zero attached hydrogens (tertiary/aromatic N) is 4. The number of aromatic nitrogens is 3. The maximum Gasteiger partial charge on any atom is 0.422 e. The van der Waals surface area contributed by atoms with Gasteiger partial charge in [0.25, 0.3) is 5.91 Å². The van der Waals surface area contributed by atoms with Gasteiger partial charge in [0, 0.05) is 18.9 Å². The predicted molar refractivity (Wildman–Crippen MR) is 131 cm³/mol. The number of nitriles is 1. The maximum absolute atomic E-state index is 14.7. The van der Waals surface area contributed by atoms with Crippen molar-refractivity contribution in [1.82, 2.24) is 20.1 Å². The van der Waals surface area contributed by atoms with Crippen LogP contribution in [0, 0.1) is 11.3 Å². The Hall–Kier alpha value is -4.66. The maximum atomic E-state index is 14.7. The number of fused-ring (bicyclic) bond motifs is 1. The van der Waals surface area contributed by atoms with Gasteiger partial charge in [-0.3, -0.25) is 9.59 Å². The third-order valence-corrected chi connectivity index (χ3v) is 6.71. The second kappa shape index (κ2) is 10.6. The van der Waals surface area contributed by atoms with Crippen molar-refractivity contribution in [3.63, 3.8) is 0 Å². The van der Waals surface area contributed by atoms with Gasteiger partial charge in [-0.1, -0.05) is 12.1 Å². The fraction of sp³-hybridized carbons (Fsp3) is 0.292. The molecule has 0 spiro atoms. The first-order valence-electron chi connectivity index (χ1n) is 11.6. The smallest absolute Gasteiger partial charge is 0.422 e. The van der Waals surface area contributed by atoms with E-state index in [0.717, 1.165) is 41.4 Å². The van der Waals surface area contributed by atoms with Gasteiger partial charge in [-0.15, -0.1) is 0 Å². The molecule has 0 bridgehead atoms. The highest BCUT2D eigenvalue weighted by Crippen LogP contribution is 2.45. The van der Waals surface area contributed by atoms with Crippen LogP contribution in [0.2, 0.25) is 0 Å². The fourth-order valence-corrected chi connectivity index (χ4v) is 4.70. The van der Waals surface area contributed by atoms with Gasteiger partial charge in [0.05, 0.1) is 11.3 Å². The summed E-state index contributed by atoms with van der Waals surface area (Å²) in [5.41, 5.74) is -4.52. The number of alkyl halides is 6. The Morgan fingerprint density at radius 3 is 2.36 bits per heavy atom. The van der Waals surface area contributed by atoms with Crippen LogP contribution in [-0.4, -0.2) is 66.0 Å². The first kappa shape index (κ1) is 30.3. The number of amides is 2. The Balaban J connectivity index is 1.81. The average molecular weight is 617 g/mol. The number of halogens is 6. The number of hydrogen-bond donors (Lipinski definition) is 2. The lowest BCUT2D eigenvalue weighted by Gasteiger charge is -2.39. The summed E-state index contributed by atoms with van der Waals surface area (Å²) in [5, 5.41) is 17.2. The van der Waals surface area contributed by atoms with E-state index in [4.69, 9.17) is 5.26 Å². The summed E-state index contributed by atoms with van der Waals surface area (Å²) in [4.78, 5) is 29.7. The van der Waals surface area contributed by atoms with Crippen LogP contribution in [0.3, 0.4) is 0 Å². The normalized spacial score (nSPS) is 17.1. The minimum absolute atomic E-state index is 0.106. The second-order valence-electron chi connectivity index (χ2n) is 9.18. The van der Waals surface area contributed by atoms with E-state index in [1.807, 2.05) is 11.4 Å². The van der Waals surface area contributed by atoms with E-state index in [-0.39, 0.29) is 17.1 Å². The van der Waals surface area contributed by atoms with Crippen molar-refractivity contribution in [2.24, 2.45) is 0 Å². The third-order valence-electron chi connectivity index (χ3n) is 5.92. The molecule has 3 aromatic rings. The molecule has 18 heteroatoms. The minimum Gasteiger partial charge on any atom is -0.484 e. The topological polar surface area (TPSA) is 156 Å². The molecule has 1 aliphatic rings. The van der Waals surface area contributed by atoms with Gasteiger partial charge in [-0.25, -0.2) is 13.4 Å². The number of rotatable bonds is 7. The van der Waals surface area contributed by atoms with E-state index in [1.54, 1.807) is 0 Å². The number of anilines is 1. The lowest BCUT2D eigenvalue weighted by atomic mass is 9.80. The van der Waals surface area contributed by atoms with Crippen LogP contribution in [0.15, 0.2) is 42.6 Å². The molecule has 1 aliphatic heterocycles. The van der Waals surface area contributed by atoms with Gasteiger partial charge in [0.15, 0.2) is 33.6 Å². The van der Waals surface area contributed by atoms with Crippen LogP contribution >= 0.6 is 0 Å². The zero-order valence-corrected chi connectivity index (χ0v) is 22.0. The van der Waals surface area contributed by atoms with Crippen molar-refractivity contribution >= 4 is 27.5 Å². The molecule has 0 unspecified atom stereocenters. The quantitative estimate of drug-likeness (QED) is 0.384. The van der Waals surface area contributed by atoms with E-state index in [0.29, 0.717) is 0 Å². The summed E-state index contributed by atoms with van der Waals surface area (Å²) >= 11 is 0. The molecular weight excluding hydrogens is 598 g/mol. The van der Waals surface area contributed by atoms with Crippen molar-refractivity contribution in [1.29, 1.82) is 5.26 Å². The number of carbonyl (C=O) groups excluding carboxylic acids is 2. The van der Waals surface area contributed by atoms with Crippen LogP contribution in [-0.2, 0) is 26.6 Å². The number of nitrogens with one attached hydrogen (secondary N) is 2.